The Morgan fingerprint density at radius 1 is 1.18 bits per heavy atom. The van der Waals surface area contributed by atoms with Gasteiger partial charge in [0.2, 0.25) is 11.8 Å². The summed E-state index contributed by atoms with van der Waals surface area (Å²) in [6.07, 6.45) is 1.88. The van der Waals surface area contributed by atoms with Gasteiger partial charge in [-0.1, -0.05) is 19.9 Å². The minimum absolute atomic E-state index is 0.312. The molecule has 1 aromatic heterocycles. The van der Waals surface area contributed by atoms with Crippen molar-refractivity contribution < 1.29 is 13.9 Å². The fourth-order valence-electron chi connectivity index (χ4n) is 2.78. The quantitative estimate of drug-likeness (QED) is 0.860. The smallest absolute Gasteiger partial charge is 0.247 e. The highest BCUT2D eigenvalue weighted by Crippen LogP contribution is 2.33. The first kappa shape index (κ1) is 15.0. The SMILES string of the molecule is COc1cc(-c2nnc(C3CCOCC3)o2)ccc1C(C)C. The van der Waals surface area contributed by atoms with Crippen LogP contribution in [0.2, 0.25) is 0 Å². The van der Waals surface area contributed by atoms with Crippen molar-refractivity contribution in [1.82, 2.24) is 10.2 Å². The zero-order valence-corrected chi connectivity index (χ0v) is 13.3. The molecular formula is C17H22N2O3. The van der Waals surface area contributed by atoms with Crippen LogP contribution in [0.25, 0.3) is 11.5 Å². The van der Waals surface area contributed by atoms with Crippen LogP contribution in [-0.2, 0) is 4.74 Å². The van der Waals surface area contributed by atoms with Crippen LogP contribution < -0.4 is 4.74 Å². The fourth-order valence-corrected chi connectivity index (χ4v) is 2.78. The van der Waals surface area contributed by atoms with E-state index in [9.17, 15) is 0 Å². The molecule has 5 heteroatoms. The Labute approximate surface area is 130 Å². The van der Waals surface area contributed by atoms with Crippen molar-refractivity contribution in [3.8, 4) is 17.2 Å². The molecule has 118 valence electrons. The molecule has 0 atom stereocenters. The highest BCUT2D eigenvalue weighted by Gasteiger charge is 2.22. The standard InChI is InChI=1S/C17H22N2O3/c1-11(2)14-5-4-13(10-15(14)20-3)17-19-18-16(22-17)12-6-8-21-9-7-12/h4-5,10-12H,6-9H2,1-3H3. The van der Waals surface area contributed by atoms with Gasteiger partial charge in [-0.2, -0.15) is 0 Å². The molecule has 3 rings (SSSR count). The van der Waals surface area contributed by atoms with Crippen molar-refractivity contribution in [2.75, 3.05) is 20.3 Å². The number of ether oxygens (including phenoxy) is 2. The Balaban J connectivity index is 1.86. The van der Waals surface area contributed by atoms with Crippen LogP contribution in [0, 0.1) is 0 Å². The average Bonchev–Trinajstić information content (AvgIpc) is 3.05. The van der Waals surface area contributed by atoms with Crippen LogP contribution >= 0.6 is 0 Å². The Morgan fingerprint density at radius 2 is 1.95 bits per heavy atom. The molecule has 5 nitrogen and oxygen atoms in total. The number of rotatable bonds is 4. The number of benzene rings is 1. The van der Waals surface area contributed by atoms with Crippen molar-refractivity contribution in [1.29, 1.82) is 0 Å². The van der Waals surface area contributed by atoms with Crippen LogP contribution in [0.3, 0.4) is 0 Å². The van der Waals surface area contributed by atoms with E-state index in [0.717, 1.165) is 37.4 Å². The molecular weight excluding hydrogens is 280 g/mol. The third kappa shape index (κ3) is 2.99. The second kappa shape index (κ2) is 6.48. The maximum Gasteiger partial charge on any atom is 0.247 e. The maximum absolute atomic E-state index is 5.88. The lowest BCUT2D eigenvalue weighted by atomic mass is 10.00. The predicted molar refractivity (Wildman–Crippen MR) is 83.2 cm³/mol. The molecule has 1 aliphatic rings. The molecule has 0 saturated carbocycles. The van der Waals surface area contributed by atoms with Gasteiger partial charge in [-0.3, -0.25) is 0 Å². The van der Waals surface area contributed by atoms with E-state index in [4.69, 9.17) is 13.9 Å². The lowest BCUT2D eigenvalue weighted by Gasteiger charge is -2.18. The number of hydrogen-bond donors (Lipinski definition) is 0. The van der Waals surface area contributed by atoms with E-state index in [1.54, 1.807) is 7.11 Å². The minimum atomic E-state index is 0.312. The van der Waals surface area contributed by atoms with Crippen molar-refractivity contribution >= 4 is 0 Å². The van der Waals surface area contributed by atoms with Crippen molar-refractivity contribution in [2.24, 2.45) is 0 Å². The van der Waals surface area contributed by atoms with E-state index >= 15 is 0 Å². The molecule has 2 heterocycles. The van der Waals surface area contributed by atoms with E-state index in [1.807, 2.05) is 12.1 Å². The van der Waals surface area contributed by atoms with E-state index in [-0.39, 0.29) is 0 Å². The summed E-state index contributed by atoms with van der Waals surface area (Å²) in [5.74, 6) is 2.84. The molecule has 2 aromatic rings. The van der Waals surface area contributed by atoms with Crippen LogP contribution in [0.15, 0.2) is 22.6 Å². The molecule has 0 unspecified atom stereocenters. The Hall–Kier alpha value is -1.88. The summed E-state index contributed by atoms with van der Waals surface area (Å²) in [4.78, 5) is 0. The predicted octanol–water partition coefficient (Wildman–Crippen LogP) is 3.76. The maximum atomic E-state index is 5.88. The van der Waals surface area contributed by atoms with Gasteiger partial charge in [0.05, 0.1) is 7.11 Å². The summed E-state index contributed by atoms with van der Waals surface area (Å²) in [5.41, 5.74) is 2.07. The number of nitrogens with zero attached hydrogens (tertiary/aromatic N) is 2. The Morgan fingerprint density at radius 3 is 2.64 bits per heavy atom. The van der Waals surface area contributed by atoms with E-state index in [1.165, 1.54) is 5.56 Å². The lowest BCUT2D eigenvalue weighted by molar-refractivity contribution is 0.0795. The van der Waals surface area contributed by atoms with Crippen LogP contribution in [0.1, 0.15) is 50.0 Å². The molecule has 0 amide bonds. The average molecular weight is 302 g/mol. The van der Waals surface area contributed by atoms with Crippen molar-refractivity contribution in [2.45, 2.75) is 38.5 Å². The number of hydrogen-bond acceptors (Lipinski definition) is 5. The largest absolute Gasteiger partial charge is 0.496 e. The molecule has 1 aromatic carbocycles. The molecule has 0 bridgehead atoms. The summed E-state index contributed by atoms with van der Waals surface area (Å²) in [5, 5.41) is 8.41. The van der Waals surface area contributed by atoms with Gasteiger partial charge >= 0.3 is 0 Å². The lowest BCUT2D eigenvalue weighted by Crippen LogP contribution is -2.14. The third-order valence-corrected chi connectivity index (χ3v) is 4.11. The van der Waals surface area contributed by atoms with Gasteiger partial charge < -0.3 is 13.9 Å². The van der Waals surface area contributed by atoms with Crippen LogP contribution in [-0.4, -0.2) is 30.5 Å². The molecule has 1 saturated heterocycles. The first-order valence-corrected chi connectivity index (χ1v) is 7.78. The second-order valence-corrected chi connectivity index (χ2v) is 5.94. The first-order valence-electron chi connectivity index (χ1n) is 7.78. The topological polar surface area (TPSA) is 57.4 Å². The van der Waals surface area contributed by atoms with Gasteiger partial charge in [-0.15, -0.1) is 10.2 Å². The summed E-state index contributed by atoms with van der Waals surface area (Å²) in [7, 11) is 1.69. The highest BCUT2D eigenvalue weighted by molar-refractivity contribution is 5.58. The first-order chi connectivity index (χ1) is 10.7. The molecule has 0 N–H and O–H groups in total. The molecule has 0 spiro atoms. The zero-order valence-electron chi connectivity index (χ0n) is 13.3. The molecule has 22 heavy (non-hydrogen) atoms. The summed E-state index contributed by atoms with van der Waals surface area (Å²) >= 11 is 0. The third-order valence-electron chi connectivity index (χ3n) is 4.11. The van der Waals surface area contributed by atoms with Crippen molar-refractivity contribution in [3.05, 3.63) is 29.7 Å². The molecule has 0 aliphatic carbocycles. The van der Waals surface area contributed by atoms with Crippen molar-refractivity contribution in [3.63, 3.8) is 0 Å². The number of aromatic nitrogens is 2. The van der Waals surface area contributed by atoms with Gasteiger partial charge in [0, 0.05) is 24.7 Å². The normalized spacial score (nSPS) is 16.2. The van der Waals surface area contributed by atoms with E-state index in [2.05, 4.69) is 30.1 Å². The summed E-state index contributed by atoms with van der Waals surface area (Å²) < 4.78 is 16.7. The Kier molecular flexibility index (Phi) is 4.43. The van der Waals surface area contributed by atoms with E-state index < -0.39 is 0 Å². The zero-order chi connectivity index (χ0) is 15.5. The van der Waals surface area contributed by atoms with Gasteiger partial charge in [0.15, 0.2) is 0 Å². The molecule has 0 radical (unpaired) electrons. The second-order valence-electron chi connectivity index (χ2n) is 5.94. The number of methoxy groups -OCH3 is 1. The van der Waals surface area contributed by atoms with Crippen LogP contribution in [0.4, 0.5) is 0 Å². The summed E-state index contributed by atoms with van der Waals surface area (Å²) in [6.45, 7) is 5.82. The Bertz CT molecular complexity index is 631. The van der Waals surface area contributed by atoms with Gasteiger partial charge in [-0.25, -0.2) is 0 Å². The van der Waals surface area contributed by atoms with Crippen LogP contribution in [0.5, 0.6) is 5.75 Å². The fraction of sp³-hybridized carbons (Fsp3) is 0.529. The summed E-state index contributed by atoms with van der Waals surface area (Å²) in [6, 6.07) is 6.05. The molecule has 1 aliphatic heterocycles. The van der Waals surface area contributed by atoms with Gasteiger partial charge in [0.25, 0.3) is 0 Å². The molecule has 1 fully saturated rings. The van der Waals surface area contributed by atoms with E-state index in [0.29, 0.717) is 23.6 Å². The van der Waals surface area contributed by atoms with Gasteiger partial charge in [-0.05, 0) is 36.5 Å². The monoisotopic (exact) mass is 302 g/mol. The highest BCUT2D eigenvalue weighted by atomic mass is 16.5. The van der Waals surface area contributed by atoms with Gasteiger partial charge in [0.1, 0.15) is 5.75 Å². The minimum Gasteiger partial charge on any atom is -0.496 e.